The summed E-state index contributed by atoms with van der Waals surface area (Å²) in [5.41, 5.74) is 3.88. The summed E-state index contributed by atoms with van der Waals surface area (Å²) in [5, 5.41) is 2.91. The summed E-state index contributed by atoms with van der Waals surface area (Å²) in [7, 11) is 0. The Morgan fingerprint density at radius 3 is 2.69 bits per heavy atom. The molecule has 1 amide bonds. The number of halogens is 2. The number of benzene rings is 2. The Hall–Kier alpha value is -2.60. The van der Waals surface area contributed by atoms with E-state index in [2.05, 4.69) is 28.5 Å². The van der Waals surface area contributed by atoms with E-state index in [-0.39, 0.29) is 0 Å². The highest BCUT2D eigenvalue weighted by Crippen LogP contribution is 2.39. The van der Waals surface area contributed by atoms with E-state index in [0.29, 0.717) is 5.13 Å². The van der Waals surface area contributed by atoms with Crippen LogP contribution in [0, 0.1) is 18.6 Å². The van der Waals surface area contributed by atoms with Crippen molar-refractivity contribution in [3.8, 4) is 10.4 Å². The fourth-order valence-corrected chi connectivity index (χ4v) is 4.28. The number of aryl methyl sites for hydroxylation is 3. The van der Waals surface area contributed by atoms with E-state index in [9.17, 15) is 13.6 Å². The third kappa shape index (κ3) is 3.01. The van der Waals surface area contributed by atoms with Crippen molar-refractivity contribution in [1.29, 1.82) is 0 Å². The highest BCUT2D eigenvalue weighted by molar-refractivity contribution is 7.19. The van der Waals surface area contributed by atoms with Crippen LogP contribution < -0.4 is 5.32 Å². The number of thiazole rings is 1. The van der Waals surface area contributed by atoms with Crippen molar-refractivity contribution in [3.05, 3.63) is 70.4 Å². The molecule has 1 heterocycles. The van der Waals surface area contributed by atoms with E-state index in [4.69, 9.17) is 0 Å². The van der Waals surface area contributed by atoms with Crippen molar-refractivity contribution in [2.24, 2.45) is 0 Å². The number of nitrogens with one attached hydrogen (secondary N) is 1. The number of hydrogen-bond donors (Lipinski definition) is 1. The molecule has 0 atom stereocenters. The number of anilines is 1. The molecule has 2 aromatic carbocycles. The second-order valence-corrected chi connectivity index (χ2v) is 7.36. The molecule has 1 aromatic heterocycles. The number of aromatic nitrogens is 1. The van der Waals surface area contributed by atoms with Gasteiger partial charge in [0.2, 0.25) is 0 Å². The van der Waals surface area contributed by atoms with Crippen LogP contribution >= 0.6 is 11.3 Å². The number of carbonyl (C=O) groups excluding carboxylic acids is 1. The molecular weight excluding hydrogens is 354 g/mol. The predicted octanol–water partition coefficient (Wildman–Crippen LogP) is 5.14. The Morgan fingerprint density at radius 2 is 1.92 bits per heavy atom. The molecule has 0 saturated heterocycles. The summed E-state index contributed by atoms with van der Waals surface area (Å²) in [6, 6.07) is 9.70. The second-order valence-electron chi connectivity index (χ2n) is 6.36. The van der Waals surface area contributed by atoms with Crippen molar-refractivity contribution >= 4 is 22.4 Å². The van der Waals surface area contributed by atoms with Crippen LogP contribution in [0.2, 0.25) is 0 Å². The first-order valence-electron chi connectivity index (χ1n) is 8.38. The molecule has 0 aliphatic heterocycles. The molecule has 0 radical (unpaired) electrons. The second kappa shape index (κ2) is 6.61. The number of rotatable bonds is 2. The molecule has 0 fully saturated rings. The van der Waals surface area contributed by atoms with Gasteiger partial charge in [0.1, 0.15) is 17.2 Å². The van der Waals surface area contributed by atoms with Crippen molar-refractivity contribution < 1.29 is 13.6 Å². The summed E-state index contributed by atoms with van der Waals surface area (Å²) < 4.78 is 27.6. The third-order valence-corrected chi connectivity index (χ3v) is 5.52. The molecular formula is C20H16F2N2OS. The standard InChI is InChI=1S/C20H16F2N2OS/c1-11-8-9-12-4-2-7-16-18(13(12)10-11)26-20(23-16)24-19(25)17-14(21)5-3-6-15(17)22/h3,5-6,8-10H,2,4,7H2,1H3,(H,23,24,25). The number of fused-ring (bicyclic) bond motifs is 3. The number of carbonyl (C=O) groups is 1. The first kappa shape index (κ1) is 16.8. The largest absolute Gasteiger partial charge is 0.298 e. The van der Waals surface area contributed by atoms with Crippen LogP contribution in [0.5, 0.6) is 0 Å². The molecule has 132 valence electrons. The lowest BCUT2D eigenvalue weighted by atomic mass is 10.0. The zero-order valence-electron chi connectivity index (χ0n) is 14.1. The SMILES string of the molecule is Cc1ccc2c(c1)-c1sc(NC(=O)c3c(F)cccc3F)nc1CCC2. The minimum absolute atomic E-state index is 0.358. The van der Waals surface area contributed by atoms with Crippen molar-refractivity contribution in [2.45, 2.75) is 26.2 Å². The predicted molar refractivity (Wildman–Crippen MR) is 98.6 cm³/mol. The first-order valence-corrected chi connectivity index (χ1v) is 9.19. The van der Waals surface area contributed by atoms with Gasteiger partial charge in [-0.25, -0.2) is 13.8 Å². The van der Waals surface area contributed by atoms with Crippen LogP contribution in [-0.2, 0) is 12.8 Å². The summed E-state index contributed by atoms with van der Waals surface area (Å²) >= 11 is 1.35. The number of hydrogen-bond acceptors (Lipinski definition) is 3. The quantitative estimate of drug-likeness (QED) is 0.679. The lowest BCUT2D eigenvalue weighted by molar-refractivity contribution is 0.101. The molecule has 1 aliphatic rings. The zero-order chi connectivity index (χ0) is 18.3. The Bertz CT molecular complexity index is 993. The van der Waals surface area contributed by atoms with Gasteiger partial charge >= 0.3 is 0 Å². The summed E-state index contributed by atoms with van der Waals surface area (Å²) in [6.07, 6.45) is 2.77. The molecule has 6 heteroatoms. The van der Waals surface area contributed by atoms with E-state index in [1.54, 1.807) is 0 Å². The van der Waals surface area contributed by atoms with Crippen LogP contribution in [0.25, 0.3) is 10.4 Å². The minimum atomic E-state index is -0.887. The Morgan fingerprint density at radius 1 is 1.15 bits per heavy atom. The number of nitrogens with zero attached hydrogens (tertiary/aromatic N) is 1. The van der Waals surface area contributed by atoms with Gasteiger partial charge in [-0.05, 0) is 49.4 Å². The van der Waals surface area contributed by atoms with Gasteiger partial charge < -0.3 is 0 Å². The van der Waals surface area contributed by atoms with E-state index < -0.39 is 23.1 Å². The monoisotopic (exact) mass is 370 g/mol. The van der Waals surface area contributed by atoms with Gasteiger partial charge in [0.25, 0.3) is 5.91 Å². The van der Waals surface area contributed by atoms with E-state index in [1.807, 2.05) is 6.92 Å². The zero-order valence-corrected chi connectivity index (χ0v) is 14.9. The average molecular weight is 370 g/mol. The van der Waals surface area contributed by atoms with Gasteiger partial charge in [-0.3, -0.25) is 10.1 Å². The molecule has 26 heavy (non-hydrogen) atoms. The molecule has 3 aromatic rings. The van der Waals surface area contributed by atoms with Crippen molar-refractivity contribution in [1.82, 2.24) is 4.98 Å². The fourth-order valence-electron chi connectivity index (χ4n) is 3.23. The van der Waals surface area contributed by atoms with Gasteiger partial charge in [-0.15, -0.1) is 0 Å². The average Bonchev–Trinajstić information content (AvgIpc) is 2.91. The molecule has 4 rings (SSSR count). The molecule has 0 unspecified atom stereocenters. The van der Waals surface area contributed by atoms with E-state index >= 15 is 0 Å². The van der Waals surface area contributed by atoms with Crippen LogP contribution in [0.1, 0.15) is 33.6 Å². The minimum Gasteiger partial charge on any atom is -0.298 e. The van der Waals surface area contributed by atoms with E-state index in [1.165, 1.54) is 23.0 Å². The Labute approximate surface area is 153 Å². The smallest absolute Gasteiger partial charge is 0.263 e. The van der Waals surface area contributed by atoms with Gasteiger partial charge in [0.15, 0.2) is 5.13 Å². The molecule has 1 N–H and O–H groups in total. The topological polar surface area (TPSA) is 42.0 Å². The lowest BCUT2D eigenvalue weighted by Crippen LogP contribution is -2.15. The van der Waals surface area contributed by atoms with Gasteiger partial charge in [0.05, 0.1) is 10.6 Å². The van der Waals surface area contributed by atoms with Crippen LogP contribution in [0.3, 0.4) is 0 Å². The highest BCUT2D eigenvalue weighted by Gasteiger charge is 2.22. The Kier molecular flexibility index (Phi) is 4.28. The van der Waals surface area contributed by atoms with Crippen LogP contribution in [0.15, 0.2) is 36.4 Å². The van der Waals surface area contributed by atoms with Gasteiger partial charge in [-0.1, -0.05) is 41.2 Å². The van der Waals surface area contributed by atoms with Crippen LogP contribution in [0.4, 0.5) is 13.9 Å². The maximum atomic E-state index is 13.8. The van der Waals surface area contributed by atoms with Crippen molar-refractivity contribution in [2.75, 3.05) is 5.32 Å². The summed E-state index contributed by atoms with van der Waals surface area (Å²) in [4.78, 5) is 17.8. The van der Waals surface area contributed by atoms with Crippen molar-refractivity contribution in [3.63, 3.8) is 0 Å². The highest BCUT2D eigenvalue weighted by atomic mass is 32.1. The molecule has 0 saturated carbocycles. The Balaban J connectivity index is 1.69. The van der Waals surface area contributed by atoms with Crippen LogP contribution in [-0.4, -0.2) is 10.9 Å². The molecule has 1 aliphatic carbocycles. The van der Waals surface area contributed by atoms with E-state index in [0.717, 1.165) is 53.1 Å². The maximum absolute atomic E-state index is 13.8. The third-order valence-electron chi connectivity index (χ3n) is 4.48. The first-order chi connectivity index (χ1) is 12.5. The summed E-state index contributed by atoms with van der Waals surface area (Å²) in [5.74, 6) is -2.60. The molecule has 0 spiro atoms. The normalized spacial score (nSPS) is 12.9. The number of amides is 1. The summed E-state index contributed by atoms with van der Waals surface area (Å²) in [6.45, 7) is 2.04. The lowest BCUT2D eigenvalue weighted by Gasteiger charge is -2.06. The molecule has 0 bridgehead atoms. The van der Waals surface area contributed by atoms with Gasteiger partial charge in [0, 0.05) is 0 Å². The molecule has 3 nitrogen and oxygen atoms in total. The fraction of sp³-hybridized carbons (Fsp3) is 0.200. The van der Waals surface area contributed by atoms with Gasteiger partial charge in [-0.2, -0.15) is 0 Å². The maximum Gasteiger partial charge on any atom is 0.263 e.